The fraction of sp³-hybridized carbons (Fsp3) is 0.529. The number of rotatable bonds is 3. The molecule has 2 saturated heterocycles. The van der Waals surface area contributed by atoms with Gasteiger partial charge in [0.05, 0.1) is 0 Å². The minimum Gasteiger partial charge on any atom is -0.351 e. The van der Waals surface area contributed by atoms with Gasteiger partial charge in [-0.15, -0.1) is 0 Å². The summed E-state index contributed by atoms with van der Waals surface area (Å²) in [5.41, 5.74) is 0.737. The molecule has 1 atom stereocenters. The van der Waals surface area contributed by atoms with Gasteiger partial charge >= 0.3 is 0 Å². The molecule has 6 heteroatoms. The summed E-state index contributed by atoms with van der Waals surface area (Å²) in [6, 6.07) is 6.87. The van der Waals surface area contributed by atoms with E-state index in [-0.39, 0.29) is 17.9 Å². The van der Waals surface area contributed by atoms with Crippen LogP contribution < -0.4 is 10.2 Å². The van der Waals surface area contributed by atoms with Crippen LogP contribution in [-0.4, -0.2) is 48.9 Å². The number of benzene rings is 1. The van der Waals surface area contributed by atoms with Gasteiger partial charge in [-0.05, 0) is 63.7 Å². The second-order valence-electron chi connectivity index (χ2n) is 6.38. The highest BCUT2D eigenvalue weighted by molar-refractivity contribution is 6.30. The molecule has 1 N–H and O–H groups in total. The molecule has 1 aromatic carbocycles. The molecule has 2 aliphatic heterocycles. The average molecular weight is 336 g/mol. The van der Waals surface area contributed by atoms with Crippen LogP contribution in [0.2, 0.25) is 5.02 Å². The molecule has 2 heterocycles. The number of likely N-dealkylation sites (tertiary alicyclic amines) is 1. The van der Waals surface area contributed by atoms with Crippen LogP contribution in [0.5, 0.6) is 0 Å². The summed E-state index contributed by atoms with van der Waals surface area (Å²) >= 11 is 5.91. The van der Waals surface area contributed by atoms with E-state index in [4.69, 9.17) is 11.6 Å². The summed E-state index contributed by atoms with van der Waals surface area (Å²) in [7, 11) is 2.09. The van der Waals surface area contributed by atoms with Gasteiger partial charge in [0, 0.05) is 23.2 Å². The van der Waals surface area contributed by atoms with Gasteiger partial charge in [0.2, 0.25) is 11.8 Å². The minimum absolute atomic E-state index is 0.00384. The first-order valence-electron chi connectivity index (χ1n) is 8.11. The Balaban J connectivity index is 1.69. The lowest BCUT2D eigenvalue weighted by Gasteiger charge is -2.31. The molecule has 0 aromatic heterocycles. The average Bonchev–Trinajstić information content (AvgIpc) is 2.92. The van der Waals surface area contributed by atoms with Crippen molar-refractivity contribution in [3.63, 3.8) is 0 Å². The summed E-state index contributed by atoms with van der Waals surface area (Å²) in [5.74, 6) is -0.0452. The van der Waals surface area contributed by atoms with Crippen molar-refractivity contribution in [2.75, 3.05) is 25.0 Å². The first kappa shape index (κ1) is 16.3. The van der Waals surface area contributed by atoms with Crippen molar-refractivity contribution in [1.82, 2.24) is 10.2 Å². The monoisotopic (exact) mass is 335 g/mol. The number of carbonyl (C=O) groups excluding carboxylic acids is 2. The van der Waals surface area contributed by atoms with Crippen LogP contribution in [0.3, 0.4) is 0 Å². The van der Waals surface area contributed by atoms with Crippen LogP contribution >= 0.6 is 11.6 Å². The van der Waals surface area contributed by atoms with Gasteiger partial charge < -0.3 is 10.2 Å². The van der Waals surface area contributed by atoms with Gasteiger partial charge in [-0.3, -0.25) is 14.5 Å². The van der Waals surface area contributed by atoms with Gasteiger partial charge in [0.25, 0.3) is 0 Å². The van der Waals surface area contributed by atoms with Crippen LogP contribution in [-0.2, 0) is 9.59 Å². The zero-order chi connectivity index (χ0) is 16.4. The number of piperidine rings is 1. The van der Waals surface area contributed by atoms with E-state index in [1.54, 1.807) is 29.2 Å². The van der Waals surface area contributed by atoms with Crippen molar-refractivity contribution in [3.05, 3.63) is 29.3 Å². The molecule has 1 aromatic rings. The summed E-state index contributed by atoms with van der Waals surface area (Å²) in [6.07, 6.45) is 2.90. The van der Waals surface area contributed by atoms with Crippen molar-refractivity contribution < 1.29 is 9.59 Å². The molecule has 0 radical (unpaired) electrons. The fourth-order valence-corrected chi connectivity index (χ4v) is 3.43. The van der Waals surface area contributed by atoms with Crippen molar-refractivity contribution >= 4 is 29.1 Å². The number of amides is 2. The van der Waals surface area contributed by atoms with Gasteiger partial charge in [-0.2, -0.15) is 0 Å². The summed E-state index contributed by atoms with van der Waals surface area (Å²) < 4.78 is 0. The highest BCUT2D eigenvalue weighted by Crippen LogP contribution is 2.28. The van der Waals surface area contributed by atoms with Gasteiger partial charge in [0.15, 0.2) is 0 Å². The second kappa shape index (κ2) is 6.89. The highest BCUT2D eigenvalue weighted by atomic mass is 35.5. The topological polar surface area (TPSA) is 52.7 Å². The van der Waals surface area contributed by atoms with Gasteiger partial charge in [-0.25, -0.2) is 0 Å². The maximum absolute atomic E-state index is 12.6. The van der Waals surface area contributed by atoms with Crippen LogP contribution in [0.25, 0.3) is 0 Å². The zero-order valence-electron chi connectivity index (χ0n) is 13.3. The Morgan fingerprint density at radius 1 is 1.17 bits per heavy atom. The minimum atomic E-state index is -0.414. The molecular formula is C17H22ClN3O2. The molecule has 23 heavy (non-hydrogen) atoms. The maximum atomic E-state index is 12.6. The predicted molar refractivity (Wildman–Crippen MR) is 90.6 cm³/mol. The van der Waals surface area contributed by atoms with Crippen molar-refractivity contribution in [2.45, 2.75) is 37.8 Å². The Hall–Kier alpha value is -1.59. The largest absolute Gasteiger partial charge is 0.351 e. The number of nitrogens with zero attached hydrogens (tertiary/aromatic N) is 2. The second-order valence-corrected chi connectivity index (χ2v) is 6.82. The number of halogens is 1. The van der Waals surface area contributed by atoms with Crippen LogP contribution in [0.15, 0.2) is 24.3 Å². The number of anilines is 1. The van der Waals surface area contributed by atoms with E-state index < -0.39 is 6.04 Å². The molecule has 2 fully saturated rings. The maximum Gasteiger partial charge on any atom is 0.243 e. The number of carbonyl (C=O) groups is 2. The standard InChI is InChI=1S/C17H22ClN3O2/c1-20-10-8-13(9-11-20)19-17(23)15-6-7-16(22)21(15)14-4-2-12(18)3-5-14/h2-5,13,15H,6-11H2,1H3,(H,19,23)/t15-/m0/s1. The molecule has 0 bridgehead atoms. The van der Waals surface area contributed by atoms with E-state index in [1.807, 2.05) is 0 Å². The number of hydrogen-bond acceptors (Lipinski definition) is 3. The third-order valence-electron chi connectivity index (χ3n) is 4.68. The first-order valence-corrected chi connectivity index (χ1v) is 8.49. The summed E-state index contributed by atoms with van der Waals surface area (Å²) in [6.45, 7) is 1.99. The fourth-order valence-electron chi connectivity index (χ4n) is 3.31. The van der Waals surface area contributed by atoms with E-state index in [0.717, 1.165) is 31.6 Å². The van der Waals surface area contributed by atoms with Crippen LogP contribution in [0.1, 0.15) is 25.7 Å². The third kappa shape index (κ3) is 3.67. The summed E-state index contributed by atoms with van der Waals surface area (Å²) in [5, 5.41) is 3.75. The number of hydrogen-bond donors (Lipinski definition) is 1. The Kier molecular flexibility index (Phi) is 4.87. The van der Waals surface area contributed by atoms with E-state index in [9.17, 15) is 9.59 Å². The Morgan fingerprint density at radius 3 is 2.48 bits per heavy atom. The zero-order valence-corrected chi connectivity index (χ0v) is 14.1. The highest BCUT2D eigenvalue weighted by Gasteiger charge is 2.37. The molecule has 0 aliphatic carbocycles. The molecule has 0 unspecified atom stereocenters. The van der Waals surface area contributed by atoms with E-state index >= 15 is 0 Å². The molecule has 124 valence electrons. The first-order chi connectivity index (χ1) is 11.0. The van der Waals surface area contributed by atoms with Crippen molar-refractivity contribution in [2.24, 2.45) is 0 Å². The predicted octanol–water partition coefficient (Wildman–Crippen LogP) is 2.05. The molecule has 3 rings (SSSR count). The summed E-state index contributed by atoms with van der Waals surface area (Å²) in [4.78, 5) is 28.7. The van der Waals surface area contributed by atoms with Gasteiger partial charge in [0.1, 0.15) is 6.04 Å². The number of nitrogens with one attached hydrogen (secondary N) is 1. The van der Waals surface area contributed by atoms with E-state index in [1.165, 1.54) is 0 Å². The van der Waals surface area contributed by atoms with E-state index in [0.29, 0.717) is 17.9 Å². The quantitative estimate of drug-likeness (QED) is 0.919. The Morgan fingerprint density at radius 2 is 1.83 bits per heavy atom. The van der Waals surface area contributed by atoms with Crippen molar-refractivity contribution in [3.8, 4) is 0 Å². The molecule has 2 aliphatic rings. The Bertz CT molecular complexity index is 582. The third-order valence-corrected chi connectivity index (χ3v) is 4.94. The van der Waals surface area contributed by atoms with Gasteiger partial charge in [-0.1, -0.05) is 11.6 Å². The normalized spacial score (nSPS) is 23.3. The molecular weight excluding hydrogens is 314 g/mol. The lowest BCUT2D eigenvalue weighted by Crippen LogP contribution is -2.50. The molecule has 0 spiro atoms. The van der Waals surface area contributed by atoms with E-state index in [2.05, 4.69) is 17.3 Å². The van der Waals surface area contributed by atoms with Crippen LogP contribution in [0, 0.1) is 0 Å². The molecule has 2 amide bonds. The lowest BCUT2D eigenvalue weighted by atomic mass is 10.0. The van der Waals surface area contributed by atoms with Crippen molar-refractivity contribution in [1.29, 1.82) is 0 Å². The smallest absolute Gasteiger partial charge is 0.243 e. The Labute approximate surface area is 141 Å². The lowest BCUT2D eigenvalue weighted by molar-refractivity contribution is -0.124. The molecule has 5 nitrogen and oxygen atoms in total. The SMILES string of the molecule is CN1CCC(NC(=O)[C@@H]2CCC(=O)N2c2ccc(Cl)cc2)CC1. The van der Waals surface area contributed by atoms with Crippen LogP contribution in [0.4, 0.5) is 5.69 Å². The molecule has 0 saturated carbocycles.